The molecular weight excluding hydrogens is 268 g/mol. The molecule has 1 N–H and O–H groups in total. The van der Waals surface area contributed by atoms with Gasteiger partial charge >= 0.3 is 6.01 Å². The molecule has 1 aromatic rings. The minimum Gasteiger partial charge on any atom is -0.461 e. The highest BCUT2D eigenvalue weighted by Crippen LogP contribution is 2.15. The third-order valence-corrected chi connectivity index (χ3v) is 2.56. The van der Waals surface area contributed by atoms with Crippen molar-refractivity contribution in [1.82, 2.24) is 15.0 Å². The Labute approximate surface area is 118 Å². The summed E-state index contributed by atoms with van der Waals surface area (Å²) in [4.78, 5) is 12.1. The van der Waals surface area contributed by atoms with E-state index < -0.39 is 0 Å². The number of methoxy groups -OCH3 is 1. The van der Waals surface area contributed by atoms with Crippen molar-refractivity contribution in [3.63, 3.8) is 0 Å². The summed E-state index contributed by atoms with van der Waals surface area (Å²) in [5.74, 6) is 0.761. The number of anilines is 1. The Balaban J connectivity index is 2.84. The van der Waals surface area contributed by atoms with Gasteiger partial charge in [0.1, 0.15) is 0 Å². The first-order chi connectivity index (χ1) is 8.92. The average molecular weight is 289 g/mol. The molecule has 0 aliphatic carbocycles. The molecule has 0 amide bonds. The quantitative estimate of drug-likeness (QED) is 0.831. The van der Waals surface area contributed by atoms with Crippen LogP contribution in [-0.2, 0) is 4.74 Å². The molecule has 7 heteroatoms. The molecule has 0 saturated heterocycles. The molecule has 1 unspecified atom stereocenters. The lowest BCUT2D eigenvalue weighted by molar-refractivity contribution is 0.170. The minimum atomic E-state index is -0.0220. The second-order valence-corrected chi connectivity index (χ2v) is 5.17. The number of nitrogens with zero attached hydrogens (tertiary/aromatic N) is 3. The Hall–Kier alpha value is -1.14. The van der Waals surface area contributed by atoms with Crippen molar-refractivity contribution in [3.8, 4) is 6.01 Å². The number of hydrogen-bond acceptors (Lipinski definition) is 6. The van der Waals surface area contributed by atoms with Crippen LogP contribution in [0.25, 0.3) is 0 Å². The number of nitrogens with one attached hydrogen (secondary N) is 1. The van der Waals surface area contributed by atoms with Crippen molar-refractivity contribution in [2.75, 3.05) is 19.0 Å². The second-order valence-electron chi connectivity index (χ2n) is 4.83. The maximum atomic E-state index is 5.86. The maximum Gasteiger partial charge on any atom is 0.322 e. The molecule has 0 aromatic carbocycles. The number of ether oxygens (including phenoxy) is 2. The first-order valence-corrected chi connectivity index (χ1v) is 6.63. The van der Waals surface area contributed by atoms with Crippen molar-refractivity contribution < 1.29 is 9.47 Å². The van der Waals surface area contributed by atoms with Crippen molar-refractivity contribution in [2.45, 2.75) is 39.8 Å². The lowest BCUT2D eigenvalue weighted by Gasteiger charge is -2.21. The van der Waals surface area contributed by atoms with Gasteiger partial charge < -0.3 is 14.8 Å². The molecule has 19 heavy (non-hydrogen) atoms. The predicted octanol–water partition coefficient (Wildman–Crippen LogP) is 2.40. The number of halogens is 1. The van der Waals surface area contributed by atoms with E-state index in [9.17, 15) is 0 Å². The third-order valence-electron chi connectivity index (χ3n) is 2.39. The summed E-state index contributed by atoms with van der Waals surface area (Å²) in [6.45, 7) is 8.52. The molecule has 0 fully saturated rings. The van der Waals surface area contributed by atoms with Crippen LogP contribution in [0.15, 0.2) is 0 Å². The standard InChI is InChI=1S/C12H21ClN4O2/c1-7(2)9(6-18-5)14-11-15-10(13)16-12(17-11)19-8(3)4/h7-9H,6H2,1-5H3,(H,14,15,16,17). The average Bonchev–Trinajstić information content (AvgIpc) is 2.26. The molecule has 1 atom stereocenters. The van der Waals surface area contributed by atoms with E-state index in [0.29, 0.717) is 18.5 Å². The SMILES string of the molecule is COCC(Nc1nc(Cl)nc(OC(C)C)n1)C(C)C. The highest BCUT2D eigenvalue weighted by atomic mass is 35.5. The lowest BCUT2D eigenvalue weighted by atomic mass is 10.1. The van der Waals surface area contributed by atoms with Gasteiger partial charge in [-0.15, -0.1) is 0 Å². The van der Waals surface area contributed by atoms with Crippen LogP contribution in [0.3, 0.4) is 0 Å². The van der Waals surface area contributed by atoms with Crippen molar-refractivity contribution in [3.05, 3.63) is 5.28 Å². The van der Waals surface area contributed by atoms with Crippen molar-refractivity contribution >= 4 is 17.5 Å². The van der Waals surface area contributed by atoms with Crippen molar-refractivity contribution in [2.24, 2.45) is 5.92 Å². The monoisotopic (exact) mass is 288 g/mol. The van der Waals surface area contributed by atoms with Crippen LogP contribution in [0.1, 0.15) is 27.7 Å². The Morgan fingerprint density at radius 3 is 2.37 bits per heavy atom. The Morgan fingerprint density at radius 1 is 1.16 bits per heavy atom. The van der Waals surface area contributed by atoms with E-state index in [-0.39, 0.29) is 23.4 Å². The van der Waals surface area contributed by atoms with E-state index in [2.05, 4.69) is 34.1 Å². The summed E-state index contributed by atoms with van der Waals surface area (Å²) in [6, 6.07) is 0.313. The molecule has 0 bridgehead atoms. The molecule has 108 valence electrons. The molecule has 0 radical (unpaired) electrons. The van der Waals surface area contributed by atoms with Crippen LogP contribution < -0.4 is 10.1 Å². The molecule has 0 saturated carbocycles. The summed E-state index contributed by atoms with van der Waals surface area (Å²) < 4.78 is 10.6. The molecule has 1 rings (SSSR count). The molecule has 0 spiro atoms. The summed E-state index contributed by atoms with van der Waals surface area (Å²) in [5.41, 5.74) is 0. The molecule has 1 aromatic heterocycles. The highest BCUT2D eigenvalue weighted by molar-refractivity contribution is 6.28. The second kappa shape index (κ2) is 7.45. The number of aromatic nitrogens is 3. The van der Waals surface area contributed by atoms with Gasteiger partial charge in [0, 0.05) is 7.11 Å². The van der Waals surface area contributed by atoms with Crippen molar-refractivity contribution in [1.29, 1.82) is 0 Å². The summed E-state index contributed by atoms with van der Waals surface area (Å²) >= 11 is 5.86. The predicted molar refractivity (Wildman–Crippen MR) is 74.7 cm³/mol. The summed E-state index contributed by atoms with van der Waals surface area (Å²) in [5, 5.41) is 3.29. The van der Waals surface area contributed by atoms with E-state index >= 15 is 0 Å². The van der Waals surface area contributed by atoms with E-state index in [1.165, 1.54) is 0 Å². The fourth-order valence-corrected chi connectivity index (χ4v) is 1.56. The Bertz CT molecular complexity index is 401. The van der Waals surface area contributed by atoms with Crippen LogP contribution in [0.2, 0.25) is 5.28 Å². The van der Waals surface area contributed by atoms with Gasteiger partial charge in [0.05, 0.1) is 18.8 Å². The minimum absolute atomic E-state index is 0.0220. The molecule has 0 aliphatic rings. The molecule has 1 heterocycles. The zero-order valence-corrected chi connectivity index (χ0v) is 12.7. The fraction of sp³-hybridized carbons (Fsp3) is 0.750. The van der Waals surface area contributed by atoms with Crippen LogP contribution >= 0.6 is 11.6 Å². The first-order valence-electron chi connectivity index (χ1n) is 6.26. The van der Waals surface area contributed by atoms with E-state index in [1.807, 2.05) is 13.8 Å². The molecule has 6 nitrogen and oxygen atoms in total. The fourth-order valence-electron chi connectivity index (χ4n) is 1.41. The van der Waals surface area contributed by atoms with Gasteiger partial charge in [0.2, 0.25) is 11.2 Å². The number of hydrogen-bond donors (Lipinski definition) is 1. The maximum absolute atomic E-state index is 5.86. The largest absolute Gasteiger partial charge is 0.461 e. The number of rotatable bonds is 7. The van der Waals surface area contributed by atoms with E-state index in [0.717, 1.165) is 0 Å². The smallest absolute Gasteiger partial charge is 0.322 e. The first kappa shape index (κ1) is 15.9. The summed E-state index contributed by atoms with van der Waals surface area (Å²) in [7, 11) is 1.66. The van der Waals surface area contributed by atoms with E-state index in [4.69, 9.17) is 21.1 Å². The van der Waals surface area contributed by atoms with Crippen LogP contribution in [0, 0.1) is 5.92 Å². The van der Waals surface area contributed by atoms with Crippen LogP contribution in [0.5, 0.6) is 6.01 Å². The van der Waals surface area contributed by atoms with Gasteiger partial charge in [0.15, 0.2) is 0 Å². The van der Waals surface area contributed by atoms with Gasteiger partial charge in [-0.3, -0.25) is 0 Å². The topological polar surface area (TPSA) is 69.2 Å². The Morgan fingerprint density at radius 2 is 1.84 bits per heavy atom. The zero-order valence-electron chi connectivity index (χ0n) is 12.0. The summed E-state index contributed by atoms with van der Waals surface area (Å²) in [6.07, 6.45) is -0.0220. The van der Waals surface area contributed by atoms with Crippen LogP contribution in [0.4, 0.5) is 5.95 Å². The van der Waals surface area contributed by atoms with Gasteiger partial charge in [-0.2, -0.15) is 15.0 Å². The van der Waals surface area contributed by atoms with Crippen LogP contribution in [-0.4, -0.2) is 40.8 Å². The molecule has 0 aliphatic heterocycles. The van der Waals surface area contributed by atoms with E-state index in [1.54, 1.807) is 7.11 Å². The van der Waals surface area contributed by atoms with Gasteiger partial charge in [-0.05, 0) is 31.4 Å². The normalized spacial score (nSPS) is 12.8. The lowest BCUT2D eigenvalue weighted by Crippen LogP contribution is -2.31. The third kappa shape index (κ3) is 5.57. The Kier molecular flexibility index (Phi) is 6.24. The van der Waals surface area contributed by atoms with Gasteiger partial charge in [0.25, 0.3) is 0 Å². The molecular formula is C12H21ClN4O2. The zero-order chi connectivity index (χ0) is 14.4. The highest BCUT2D eigenvalue weighted by Gasteiger charge is 2.16. The van der Waals surface area contributed by atoms with Gasteiger partial charge in [-0.25, -0.2) is 0 Å². The van der Waals surface area contributed by atoms with Gasteiger partial charge in [-0.1, -0.05) is 13.8 Å².